The number of carbonyl (C=O) groups is 1. The molecule has 0 unspecified atom stereocenters. The van der Waals surface area contributed by atoms with Crippen molar-refractivity contribution in [2.75, 3.05) is 18.0 Å². The molecule has 27 heavy (non-hydrogen) atoms. The van der Waals surface area contributed by atoms with Gasteiger partial charge < -0.3 is 10.2 Å². The molecule has 1 N–H and O–H groups in total. The average Bonchev–Trinajstić information content (AvgIpc) is 2.96. The van der Waals surface area contributed by atoms with Crippen LogP contribution in [0.1, 0.15) is 41.6 Å². The first-order valence-electron chi connectivity index (χ1n) is 9.11. The lowest BCUT2D eigenvalue weighted by Gasteiger charge is -2.22. The van der Waals surface area contributed by atoms with Gasteiger partial charge in [0.05, 0.1) is 4.92 Å². The molecule has 1 amide bonds. The minimum absolute atomic E-state index is 0.0257. The van der Waals surface area contributed by atoms with Gasteiger partial charge in [-0.05, 0) is 36.6 Å². The molecule has 2 aromatic carbocycles. The number of hydrogen-bond acceptors (Lipinski definition) is 4. The lowest BCUT2D eigenvalue weighted by atomic mass is 10.1. The zero-order chi connectivity index (χ0) is 19.2. The summed E-state index contributed by atoms with van der Waals surface area (Å²) in [6, 6.07) is 11.9. The van der Waals surface area contributed by atoms with Crippen molar-refractivity contribution in [1.82, 2.24) is 5.32 Å². The molecule has 6 nitrogen and oxygen atoms in total. The Morgan fingerprint density at radius 3 is 2.48 bits per heavy atom. The number of nitro benzene ring substituents is 1. The van der Waals surface area contributed by atoms with Gasteiger partial charge in [0, 0.05) is 36.3 Å². The van der Waals surface area contributed by atoms with Gasteiger partial charge in [-0.1, -0.05) is 42.6 Å². The monoisotopic (exact) mass is 387 g/mol. The van der Waals surface area contributed by atoms with E-state index < -0.39 is 4.92 Å². The number of nitrogens with zero attached hydrogens (tertiary/aromatic N) is 2. The Bertz CT molecular complexity index is 833. The third kappa shape index (κ3) is 4.77. The molecule has 0 atom stereocenters. The van der Waals surface area contributed by atoms with Gasteiger partial charge in [-0.15, -0.1) is 0 Å². The van der Waals surface area contributed by atoms with Crippen LogP contribution in [0.2, 0.25) is 5.02 Å². The first-order chi connectivity index (χ1) is 13.1. The zero-order valence-electron chi connectivity index (χ0n) is 15.0. The number of halogens is 1. The van der Waals surface area contributed by atoms with Crippen molar-refractivity contribution < 1.29 is 9.72 Å². The number of amides is 1. The molecule has 1 heterocycles. The molecule has 2 aromatic rings. The van der Waals surface area contributed by atoms with Crippen molar-refractivity contribution in [2.45, 2.75) is 32.2 Å². The Labute approximate surface area is 163 Å². The summed E-state index contributed by atoms with van der Waals surface area (Å²) in [4.78, 5) is 25.7. The molecule has 1 saturated heterocycles. The van der Waals surface area contributed by atoms with Crippen LogP contribution in [0.15, 0.2) is 42.5 Å². The van der Waals surface area contributed by atoms with Crippen molar-refractivity contribution in [3.8, 4) is 0 Å². The van der Waals surface area contributed by atoms with Crippen LogP contribution in [-0.4, -0.2) is 23.9 Å². The second kappa shape index (κ2) is 8.86. The van der Waals surface area contributed by atoms with Gasteiger partial charge in [0.15, 0.2) is 0 Å². The van der Waals surface area contributed by atoms with E-state index in [0.29, 0.717) is 10.7 Å². The number of hydrogen-bond donors (Lipinski definition) is 1. The molecule has 1 aliphatic heterocycles. The maximum Gasteiger partial charge on any atom is 0.293 e. The summed E-state index contributed by atoms with van der Waals surface area (Å²) in [5.74, 6) is -0.361. The Hall–Kier alpha value is -2.60. The quantitative estimate of drug-likeness (QED) is 0.602. The SMILES string of the molecule is O=C(NCc1ccccc1Cl)c1ccc(N2CCCCCC2)c([N+](=O)[O-])c1. The van der Waals surface area contributed by atoms with Gasteiger partial charge in [0.25, 0.3) is 11.6 Å². The van der Waals surface area contributed by atoms with Crippen molar-refractivity contribution in [3.63, 3.8) is 0 Å². The van der Waals surface area contributed by atoms with Crippen LogP contribution < -0.4 is 10.2 Å². The number of carbonyl (C=O) groups excluding carboxylic acids is 1. The van der Waals surface area contributed by atoms with E-state index in [1.807, 2.05) is 18.2 Å². The third-order valence-corrected chi connectivity index (χ3v) is 5.15. The molecule has 0 spiro atoms. The van der Waals surface area contributed by atoms with Crippen LogP contribution >= 0.6 is 11.6 Å². The fourth-order valence-electron chi connectivity index (χ4n) is 3.31. The van der Waals surface area contributed by atoms with Crippen molar-refractivity contribution in [3.05, 3.63) is 68.7 Å². The average molecular weight is 388 g/mol. The van der Waals surface area contributed by atoms with E-state index >= 15 is 0 Å². The van der Waals surface area contributed by atoms with Crippen LogP contribution in [0.3, 0.4) is 0 Å². The Kier molecular flexibility index (Phi) is 6.29. The lowest BCUT2D eigenvalue weighted by molar-refractivity contribution is -0.384. The molecule has 1 fully saturated rings. The van der Waals surface area contributed by atoms with Crippen molar-refractivity contribution in [1.29, 1.82) is 0 Å². The van der Waals surface area contributed by atoms with E-state index in [1.54, 1.807) is 18.2 Å². The summed E-state index contributed by atoms with van der Waals surface area (Å²) in [5, 5.41) is 14.9. The first kappa shape index (κ1) is 19.2. The summed E-state index contributed by atoms with van der Waals surface area (Å²) < 4.78 is 0. The molecule has 0 aliphatic carbocycles. The Morgan fingerprint density at radius 2 is 1.81 bits per heavy atom. The van der Waals surface area contributed by atoms with E-state index in [1.165, 1.54) is 6.07 Å². The predicted octanol–water partition coefficient (Wildman–Crippen LogP) is 4.56. The van der Waals surface area contributed by atoms with E-state index in [9.17, 15) is 14.9 Å². The van der Waals surface area contributed by atoms with Gasteiger partial charge in [-0.25, -0.2) is 0 Å². The predicted molar refractivity (Wildman–Crippen MR) is 106 cm³/mol. The van der Waals surface area contributed by atoms with E-state index in [0.717, 1.165) is 44.3 Å². The minimum Gasteiger partial charge on any atom is -0.366 e. The third-order valence-electron chi connectivity index (χ3n) is 4.78. The maximum atomic E-state index is 12.5. The molecule has 142 valence electrons. The van der Waals surface area contributed by atoms with E-state index in [2.05, 4.69) is 10.2 Å². The summed E-state index contributed by atoms with van der Waals surface area (Å²) in [6.07, 6.45) is 4.34. The number of nitrogens with one attached hydrogen (secondary N) is 1. The highest BCUT2D eigenvalue weighted by Crippen LogP contribution is 2.31. The van der Waals surface area contributed by atoms with Crippen LogP contribution in [0.5, 0.6) is 0 Å². The number of anilines is 1. The normalized spacial score (nSPS) is 14.5. The zero-order valence-corrected chi connectivity index (χ0v) is 15.7. The summed E-state index contributed by atoms with van der Waals surface area (Å²) in [6.45, 7) is 1.87. The summed E-state index contributed by atoms with van der Waals surface area (Å²) in [7, 11) is 0. The van der Waals surface area contributed by atoms with Crippen LogP contribution in [0.4, 0.5) is 11.4 Å². The first-order valence-corrected chi connectivity index (χ1v) is 9.49. The lowest BCUT2D eigenvalue weighted by Crippen LogP contribution is -2.26. The molecule has 0 saturated carbocycles. The van der Waals surface area contributed by atoms with Gasteiger partial charge in [-0.2, -0.15) is 0 Å². The minimum atomic E-state index is -0.412. The maximum absolute atomic E-state index is 12.5. The van der Waals surface area contributed by atoms with Gasteiger partial charge in [0.1, 0.15) is 5.69 Å². The molecule has 0 aromatic heterocycles. The highest BCUT2D eigenvalue weighted by molar-refractivity contribution is 6.31. The van der Waals surface area contributed by atoms with Crippen LogP contribution in [0, 0.1) is 10.1 Å². The molecule has 0 bridgehead atoms. The summed E-state index contributed by atoms with van der Waals surface area (Å²) in [5.41, 5.74) is 1.63. The summed E-state index contributed by atoms with van der Waals surface area (Å²) >= 11 is 6.09. The van der Waals surface area contributed by atoms with Gasteiger partial charge in [0.2, 0.25) is 0 Å². The standard InChI is InChI=1S/C20H22ClN3O3/c21-17-8-4-3-7-16(17)14-22-20(25)15-9-10-18(19(13-15)24(26)27)23-11-5-1-2-6-12-23/h3-4,7-10,13H,1-2,5-6,11-12,14H2,(H,22,25). The van der Waals surface area contributed by atoms with E-state index in [-0.39, 0.29) is 23.7 Å². The van der Waals surface area contributed by atoms with Gasteiger partial charge >= 0.3 is 0 Å². The van der Waals surface area contributed by atoms with Gasteiger partial charge in [-0.3, -0.25) is 14.9 Å². The fourth-order valence-corrected chi connectivity index (χ4v) is 3.51. The van der Waals surface area contributed by atoms with E-state index in [4.69, 9.17) is 11.6 Å². The second-order valence-electron chi connectivity index (χ2n) is 6.64. The van der Waals surface area contributed by atoms with Crippen molar-refractivity contribution >= 4 is 28.9 Å². The molecule has 1 aliphatic rings. The topological polar surface area (TPSA) is 75.5 Å². The molecule has 0 radical (unpaired) electrons. The Morgan fingerprint density at radius 1 is 1.11 bits per heavy atom. The highest BCUT2D eigenvalue weighted by Gasteiger charge is 2.22. The smallest absolute Gasteiger partial charge is 0.293 e. The molecule has 7 heteroatoms. The van der Waals surface area contributed by atoms with Crippen LogP contribution in [0.25, 0.3) is 0 Å². The fraction of sp³-hybridized carbons (Fsp3) is 0.350. The molecule has 3 rings (SSSR count). The second-order valence-corrected chi connectivity index (χ2v) is 7.04. The van der Waals surface area contributed by atoms with Crippen LogP contribution in [-0.2, 0) is 6.54 Å². The van der Waals surface area contributed by atoms with Crippen molar-refractivity contribution in [2.24, 2.45) is 0 Å². The number of rotatable bonds is 5. The highest BCUT2D eigenvalue weighted by atomic mass is 35.5. The Balaban J connectivity index is 1.77. The molecular formula is C20H22ClN3O3. The number of nitro groups is 1. The molecular weight excluding hydrogens is 366 g/mol. The largest absolute Gasteiger partial charge is 0.366 e. The number of benzene rings is 2.